The van der Waals surface area contributed by atoms with Crippen molar-refractivity contribution in [3.05, 3.63) is 29.8 Å². The normalized spacial score (nSPS) is 17.5. The average Bonchev–Trinajstić information content (AvgIpc) is 3.04. The molecule has 0 aliphatic heterocycles. The molecule has 1 fully saturated rings. The molecule has 1 aromatic rings. The van der Waals surface area contributed by atoms with Crippen molar-refractivity contribution < 1.29 is 0 Å². The van der Waals surface area contributed by atoms with E-state index in [1.54, 1.807) is 0 Å². The van der Waals surface area contributed by atoms with Crippen molar-refractivity contribution in [3.63, 3.8) is 0 Å². The molecule has 2 nitrogen and oxygen atoms in total. The fraction of sp³-hybridized carbons (Fsp3) is 0.538. The summed E-state index contributed by atoms with van der Waals surface area (Å²) in [4.78, 5) is 2.48. The van der Waals surface area contributed by atoms with Crippen LogP contribution in [-0.2, 0) is 0 Å². The third-order valence-electron chi connectivity index (χ3n) is 3.07. The zero-order chi connectivity index (χ0) is 10.8. The molecule has 1 aromatic carbocycles. The highest BCUT2D eigenvalue weighted by molar-refractivity contribution is 5.56. The Morgan fingerprint density at radius 2 is 2.07 bits per heavy atom. The molecular weight excluding hydrogens is 184 g/mol. The molecule has 2 rings (SSSR count). The lowest BCUT2D eigenvalue weighted by Gasteiger charge is -2.26. The van der Waals surface area contributed by atoms with E-state index < -0.39 is 0 Å². The Hall–Kier alpha value is -1.02. The van der Waals surface area contributed by atoms with Gasteiger partial charge in [0.1, 0.15) is 0 Å². The monoisotopic (exact) mass is 204 g/mol. The molecule has 15 heavy (non-hydrogen) atoms. The lowest BCUT2D eigenvalue weighted by molar-refractivity contribution is 0.775. The Morgan fingerprint density at radius 3 is 2.60 bits per heavy atom. The van der Waals surface area contributed by atoms with Crippen LogP contribution in [0.4, 0.5) is 5.69 Å². The van der Waals surface area contributed by atoms with Crippen molar-refractivity contribution in [2.75, 3.05) is 11.4 Å². The highest BCUT2D eigenvalue weighted by atomic mass is 15.2. The van der Waals surface area contributed by atoms with E-state index in [2.05, 4.69) is 43.0 Å². The molecule has 1 saturated carbocycles. The summed E-state index contributed by atoms with van der Waals surface area (Å²) >= 11 is 0. The number of para-hydroxylation sites is 1. The van der Waals surface area contributed by atoms with E-state index >= 15 is 0 Å². The summed E-state index contributed by atoms with van der Waals surface area (Å²) in [5.74, 6) is 0. The lowest BCUT2D eigenvalue weighted by Crippen LogP contribution is -2.27. The van der Waals surface area contributed by atoms with E-state index in [0.717, 1.165) is 12.6 Å². The lowest BCUT2D eigenvalue weighted by atomic mass is 10.1. The summed E-state index contributed by atoms with van der Waals surface area (Å²) in [6.45, 7) is 5.35. The standard InChI is InChI=1S/C13H20N2/c1-3-15(11-8-9-11)13-7-5-4-6-12(13)10(2)14/h4-7,10-11H,3,8-9,14H2,1-2H3. The molecule has 0 spiro atoms. The van der Waals surface area contributed by atoms with Crippen LogP contribution in [-0.4, -0.2) is 12.6 Å². The second kappa shape index (κ2) is 4.23. The van der Waals surface area contributed by atoms with Crippen LogP contribution >= 0.6 is 0 Å². The van der Waals surface area contributed by atoms with Crippen LogP contribution < -0.4 is 10.6 Å². The number of hydrogen-bond donors (Lipinski definition) is 1. The third-order valence-corrected chi connectivity index (χ3v) is 3.07. The fourth-order valence-corrected chi connectivity index (χ4v) is 2.15. The summed E-state index contributed by atoms with van der Waals surface area (Å²) in [6, 6.07) is 9.39. The molecule has 0 amide bonds. The molecule has 0 bridgehead atoms. The molecule has 2 heteroatoms. The summed E-state index contributed by atoms with van der Waals surface area (Å²) in [5.41, 5.74) is 8.60. The van der Waals surface area contributed by atoms with Gasteiger partial charge in [-0.05, 0) is 38.3 Å². The number of hydrogen-bond acceptors (Lipinski definition) is 2. The maximum absolute atomic E-state index is 6.00. The first-order valence-corrected chi connectivity index (χ1v) is 5.85. The van der Waals surface area contributed by atoms with E-state index in [4.69, 9.17) is 5.73 Å². The summed E-state index contributed by atoms with van der Waals surface area (Å²) < 4.78 is 0. The van der Waals surface area contributed by atoms with Gasteiger partial charge in [-0.3, -0.25) is 0 Å². The number of anilines is 1. The van der Waals surface area contributed by atoms with Gasteiger partial charge in [0.15, 0.2) is 0 Å². The van der Waals surface area contributed by atoms with E-state index in [1.807, 2.05) is 0 Å². The molecule has 0 saturated heterocycles. The van der Waals surface area contributed by atoms with Gasteiger partial charge < -0.3 is 10.6 Å². The smallest absolute Gasteiger partial charge is 0.0416 e. The number of rotatable bonds is 4. The SMILES string of the molecule is CCN(c1ccccc1C(C)N)C1CC1. The van der Waals surface area contributed by atoms with Gasteiger partial charge in [-0.1, -0.05) is 18.2 Å². The summed E-state index contributed by atoms with van der Waals surface area (Å²) in [6.07, 6.45) is 2.67. The first-order chi connectivity index (χ1) is 7.24. The van der Waals surface area contributed by atoms with E-state index in [0.29, 0.717) is 0 Å². The second-order valence-electron chi connectivity index (χ2n) is 4.36. The van der Waals surface area contributed by atoms with Crippen molar-refractivity contribution in [1.82, 2.24) is 0 Å². The highest BCUT2D eigenvalue weighted by Crippen LogP contribution is 2.34. The van der Waals surface area contributed by atoms with Crippen LogP contribution in [0.2, 0.25) is 0 Å². The summed E-state index contributed by atoms with van der Waals surface area (Å²) in [7, 11) is 0. The molecule has 82 valence electrons. The molecule has 1 aliphatic carbocycles. The van der Waals surface area contributed by atoms with Crippen LogP contribution in [0, 0.1) is 0 Å². The van der Waals surface area contributed by atoms with E-state index in [9.17, 15) is 0 Å². The molecule has 0 radical (unpaired) electrons. The fourth-order valence-electron chi connectivity index (χ4n) is 2.15. The van der Waals surface area contributed by atoms with Gasteiger partial charge in [-0.25, -0.2) is 0 Å². The molecule has 1 atom stereocenters. The highest BCUT2D eigenvalue weighted by Gasteiger charge is 2.29. The van der Waals surface area contributed by atoms with Gasteiger partial charge in [-0.15, -0.1) is 0 Å². The molecule has 1 unspecified atom stereocenters. The van der Waals surface area contributed by atoms with Gasteiger partial charge in [0.25, 0.3) is 0 Å². The minimum atomic E-state index is 0.119. The maximum atomic E-state index is 6.00. The Morgan fingerprint density at radius 1 is 1.40 bits per heavy atom. The molecular formula is C13H20N2. The molecule has 0 heterocycles. The van der Waals surface area contributed by atoms with Gasteiger partial charge in [0.05, 0.1) is 0 Å². The largest absolute Gasteiger partial charge is 0.369 e. The predicted octanol–water partition coefficient (Wildman–Crippen LogP) is 2.70. The molecule has 0 aromatic heterocycles. The van der Waals surface area contributed by atoms with Crippen molar-refractivity contribution in [2.45, 2.75) is 38.8 Å². The molecule has 2 N–H and O–H groups in total. The first kappa shape index (κ1) is 10.5. The number of nitrogens with two attached hydrogens (primary N) is 1. The van der Waals surface area contributed by atoms with Gasteiger partial charge in [0, 0.05) is 24.3 Å². The minimum Gasteiger partial charge on any atom is -0.369 e. The van der Waals surface area contributed by atoms with Crippen LogP contribution in [0.3, 0.4) is 0 Å². The Balaban J connectivity index is 2.31. The topological polar surface area (TPSA) is 29.3 Å². The van der Waals surface area contributed by atoms with Crippen LogP contribution in [0.15, 0.2) is 24.3 Å². The third kappa shape index (κ3) is 2.15. The Kier molecular flexibility index (Phi) is 2.96. The van der Waals surface area contributed by atoms with Crippen molar-refractivity contribution in [1.29, 1.82) is 0 Å². The van der Waals surface area contributed by atoms with Crippen LogP contribution in [0.25, 0.3) is 0 Å². The van der Waals surface area contributed by atoms with Gasteiger partial charge in [-0.2, -0.15) is 0 Å². The van der Waals surface area contributed by atoms with E-state index in [-0.39, 0.29) is 6.04 Å². The number of nitrogens with zero attached hydrogens (tertiary/aromatic N) is 1. The second-order valence-corrected chi connectivity index (χ2v) is 4.36. The molecule has 1 aliphatic rings. The van der Waals surface area contributed by atoms with Crippen molar-refractivity contribution >= 4 is 5.69 Å². The zero-order valence-electron chi connectivity index (χ0n) is 9.61. The predicted molar refractivity (Wildman–Crippen MR) is 65.1 cm³/mol. The first-order valence-electron chi connectivity index (χ1n) is 5.85. The minimum absolute atomic E-state index is 0.119. The van der Waals surface area contributed by atoms with Gasteiger partial charge >= 0.3 is 0 Å². The van der Waals surface area contributed by atoms with Gasteiger partial charge in [0.2, 0.25) is 0 Å². The van der Waals surface area contributed by atoms with Crippen molar-refractivity contribution in [3.8, 4) is 0 Å². The zero-order valence-corrected chi connectivity index (χ0v) is 9.61. The average molecular weight is 204 g/mol. The van der Waals surface area contributed by atoms with Crippen LogP contribution in [0.5, 0.6) is 0 Å². The summed E-state index contributed by atoms with van der Waals surface area (Å²) in [5, 5.41) is 0. The number of benzene rings is 1. The van der Waals surface area contributed by atoms with E-state index in [1.165, 1.54) is 24.1 Å². The maximum Gasteiger partial charge on any atom is 0.0416 e. The van der Waals surface area contributed by atoms with Crippen LogP contribution in [0.1, 0.15) is 38.3 Å². The Bertz CT molecular complexity index is 329. The van der Waals surface area contributed by atoms with Crippen molar-refractivity contribution in [2.24, 2.45) is 5.73 Å². The Labute approximate surface area is 92.1 Å². The quantitative estimate of drug-likeness (QED) is 0.817.